The van der Waals surface area contributed by atoms with Crippen molar-refractivity contribution in [3.8, 4) is 0 Å². The molecule has 3 N–H and O–H groups in total. The van der Waals surface area contributed by atoms with Gasteiger partial charge in [0.25, 0.3) is 5.91 Å². The van der Waals surface area contributed by atoms with Crippen LogP contribution in [0.15, 0.2) is 72.8 Å². The van der Waals surface area contributed by atoms with E-state index in [0.717, 1.165) is 5.56 Å². The quantitative estimate of drug-likeness (QED) is 0.554. The highest BCUT2D eigenvalue weighted by atomic mass is 35.5. The van der Waals surface area contributed by atoms with E-state index < -0.39 is 0 Å². The summed E-state index contributed by atoms with van der Waals surface area (Å²) in [5.41, 5.74) is 3.32. The normalized spacial score (nSPS) is 10.2. The lowest BCUT2D eigenvalue weighted by Gasteiger charge is -2.13. The predicted octanol–water partition coefficient (Wildman–Crippen LogP) is 4.95. The van der Waals surface area contributed by atoms with Crippen molar-refractivity contribution >= 4 is 40.5 Å². The average molecular weight is 394 g/mol. The molecule has 5 nitrogen and oxygen atoms in total. The topological polar surface area (TPSA) is 70.2 Å². The Labute approximate surface area is 168 Å². The first-order chi connectivity index (χ1) is 13.5. The summed E-state index contributed by atoms with van der Waals surface area (Å²) in [5, 5.41) is 9.25. The van der Waals surface area contributed by atoms with Gasteiger partial charge in [0.05, 0.1) is 12.1 Å². The van der Waals surface area contributed by atoms with Gasteiger partial charge in [-0.05, 0) is 48.9 Å². The first-order valence-corrected chi connectivity index (χ1v) is 9.16. The standard InChI is InChI=1S/C22H20ClN3O2/c1-15-11-12-16(23)13-20(15)26-21(27)14-24-19-10-6-5-9-18(19)22(28)25-17-7-3-2-4-8-17/h2-13,24H,14H2,1H3,(H,25,28)(H,26,27). The van der Waals surface area contributed by atoms with E-state index in [2.05, 4.69) is 16.0 Å². The van der Waals surface area contributed by atoms with Gasteiger partial charge in [-0.15, -0.1) is 0 Å². The second kappa shape index (κ2) is 9.06. The molecule has 0 fully saturated rings. The molecule has 0 saturated carbocycles. The van der Waals surface area contributed by atoms with Crippen LogP contribution in [-0.2, 0) is 4.79 Å². The number of rotatable bonds is 6. The molecule has 3 rings (SSSR count). The number of carbonyl (C=O) groups excluding carboxylic acids is 2. The number of carbonyl (C=O) groups is 2. The zero-order chi connectivity index (χ0) is 19.9. The molecule has 0 unspecified atom stereocenters. The molecular formula is C22H20ClN3O2. The summed E-state index contributed by atoms with van der Waals surface area (Å²) >= 11 is 5.98. The lowest BCUT2D eigenvalue weighted by atomic mass is 10.1. The van der Waals surface area contributed by atoms with Crippen LogP contribution in [0.4, 0.5) is 17.1 Å². The van der Waals surface area contributed by atoms with Crippen LogP contribution >= 0.6 is 11.6 Å². The van der Waals surface area contributed by atoms with E-state index in [1.54, 1.807) is 36.4 Å². The van der Waals surface area contributed by atoms with Crippen molar-refractivity contribution in [3.63, 3.8) is 0 Å². The minimum Gasteiger partial charge on any atom is -0.376 e. The van der Waals surface area contributed by atoms with Gasteiger partial charge >= 0.3 is 0 Å². The molecule has 0 bridgehead atoms. The highest BCUT2D eigenvalue weighted by Crippen LogP contribution is 2.21. The summed E-state index contributed by atoms with van der Waals surface area (Å²) in [5.74, 6) is -0.482. The fourth-order valence-corrected chi connectivity index (χ4v) is 2.83. The molecule has 3 aromatic carbocycles. The van der Waals surface area contributed by atoms with Crippen LogP contribution in [0.2, 0.25) is 5.02 Å². The van der Waals surface area contributed by atoms with Crippen molar-refractivity contribution in [2.45, 2.75) is 6.92 Å². The lowest BCUT2D eigenvalue weighted by molar-refractivity contribution is -0.114. The van der Waals surface area contributed by atoms with Gasteiger partial charge in [0.1, 0.15) is 0 Å². The van der Waals surface area contributed by atoms with Gasteiger partial charge in [-0.2, -0.15) is 0 Å². The van der Waals surface area contributed by atoms with Crippen LogP contribution in [0.1, 0.15) is 15.9 Å². The van der Waals surface area contributed by atoms with E-state index in [1.807, 2.05) is 43.3 Å². The third-order valence-electron chi connectivity index (χ3n) is 4.12. The third kappa shape index (κ3) is 5.11. The Morgan fingerprint density at radius 3 is 2.36 bits per heavy atom. The second-order valence-electron chi connectivity index (χ2n) is 6.23. The summed E-state index contributed by atoms with van der Waals surface area (Å²) in [6.45, 7) is 1.91. The maximum absolute atomic E-state index is 12.6. The van der Waals surface area contributed by atoms with Crippen molar-refractivity contribution in [2.75, 3.05) is 22.5 Å². The van der Waals surface area contributed by atoms with Gasteiger partial charge < -0.3 is 16.0 Å². The number of amides is 2. The fourth-order valence-electron chi connectivity index (χ4n) is 2.65. The Bertz CT molecular complexity index is 990. The predicted molar refractivity (Wildman–Crippen MR) is 114 cm³/mol. The Morgan fingerprint density at radius 1 is 0.857 bits per heavy atom. The molecule has 0 aromatic heterocycles. The van der Waals surface area contributed by atoms with Gasteiger partial charge in [0, 0.05) is 22.1 Å². The molecule has 6 heteroatoms. The summed E-state index contributed by atoms with van der Waals surface area (Å²) in [4.78, 5) is 24.9. The van der Waals surface area contributed by atoms with Crippen LogP contribution in [0.25, 0.3) is 0 Å². The molecule has 0 saturated heterocycles. The second-order valence-corrected chi connectivity index (χ2v) is 6.66. The number of hydrogen-bond donors (Lipinski definition) is 3. The number of nitrogens with one attached hydrogen (secondary N) is 3. The number of aryl methyl sites for hydroxylation is 1. The van der Waals surface area contributed by atoms with E-state index in [0.29, 0.717) is 27.6 Å². The smallest absolute Gasteiger partial charge is 0.257 e. The summed E-state index contributed by atoms with van der Waals surface area (Å²) in [6.07, 6.45) is 0. The Hall–Kier alpha value is -3.31. The molecule has 28 heavy (non-hydrogen) atoms. The minimum absolute atomic E-state index is 0.0155. The van der Waals surface area contributed by atoms with E-state index in [4.69, 9.17) is 11.6 Å². The number of hydrogen-bond acceptors (Lipinski definition) is 3. The summed E-state index contributed by atoms with van der Waals surface area (Å²) in [6, 6.07) is 21.6. The van der Waals surface area contributed by atoms with Crippen molar-refractivity contribution in [1.82, 2.24) is 0 Å². The molecule has 0 atom stereocenters. The molecule has 0 heterocycles. The fraction of sp³-hybridized carbons (Fsp3) is 0.0909. The van der Waals surface area contributed by atoms with Crippen LogP contribution in [0.3, 0.4) is 0 Å². The van der Waals surface area contributed by atoms with Crippen LogP contribution in [0, 0.1) is 6.92 Å². The molecule has 3 aromatic rings. The zero-order valence-electron chi connectivity index (χ0n) is 15.3. The van der Waals surface area contributed by atoms with E-state index >= 15 is 0 Å². The highest BCUT2D eigenvalue weighted by Gasteiger charge is 2.12. The van der Waals surface area contributed by atoms with E-state index in [-0.39, 0.29) is 18.4 Å². The number of benzene rings is 3. The Kier molecular flexibility index (Phi) is 6.29. The van der Waals surface area contributed by atoms with Gasteiger partial charge in [-0.25, -0.2) is 0 Å². The lowest BCUT2D eigenvalue weighted by Crippen LogP contribution is -2.23. The molecule has 142 valence electrons. The molecule has 2 amide bonds. The van der Waals surface area contributed by atoms with Gasteiger partial charge in [0.15, 0.2) is 0 Å². The average Bonchev–Trinajstić information content (AvgIpc) is 2.70. The van der Waals surface area contributed by atoms with Gasteiger partial charge in [0.2, 0.25) is 5.91 Å². The largest absolute Gasteiger partial charge is 0.376 e. The third-order valence-corrected chi connectivity index (χ3v) is 4.35. The van der Waals surface area contributed by atoms with Gasteiger partial charge in [-0.1, -0.05) is 48.0 Å². The van der Waals surface area contributed by atoms with Gasteiger partial charge in [-0.3, -0.25) is 9.59 Å². The SMILES string of the molecule is Cc1ccc(Cl)cc1NC(=O)CNc1ccccc1C(=O)Nc1ccccc1. The van der Waals surface area contributed by atoms with Crippen molar-refractivity contribution in [2.24, 2.45) is 0 Å². The van der Waals surface area contributed by atoms with Crippen LogP contribution < -0.4 is 16.0 Å². The van der Waals surface area contributed by atoms with Crippen LogP contribution in [-0.4, -0.2) is 18.4 Å². The monoisotopic (exact) mass is 393 g/mol. The van der Waals surface area contributed by atoms with Crippen LogP contribution in [0.5, 0.6) is 0 Å². The maximum Gasteiger partial charge on any atom is 0.257 e. The zero-order valence-corrected chi connectivity index (χ0v) is 16.1. The first kappa shape index (κ1) is 19.5. The van der Waals surface area contributed by atoms with Crippen molar-refractivity contribution < 1.29 is 9.59 Å². The molecule has 0 aliphatic heterocycles. The highest BCUT2D eigenvalue weighted by molar-refractivity contribution is 6.31. The minimum atomic E-state index is -0.250. The first-order valence-electron chi connectivity index (χ1n) is 8.78. The Morgan fingerprint density at radius 2 is 1.57 bits per heavy atom. The van der Waals surface area contributed by atoms with Crippen molar-refractivity contribution in [3.05, 3.63) is 88.9 Å². The van der Waals surface area contributed by atoms with E-state index in [9.17, 15) is 9.59 Å². The maximum atomic E-state index is 12.6. The van der Waals surface area contributed by atoms with E-state index in [1.165, 1.54) is 0 Å². The molecule has 0 aliphatic carbocycles. The molecule has 0 spiro atoms. The number of halogens is 1. The summed E-state index contributed by atoms with van der Waals surface area (Å²) < 4.78 is 0. The molecule has 0 aliphatic rings. The Balaban J connectivity index is 1.65. The van der Waals surface area contributed by atoms with Crippen molar-refractivity contribution in [1.29, 1.82) is 0 Å². The number of anilines is 3. The summed E-state index contributed by atoms with van der Waals surface area (Å²) in [7, 11) is 0. The molecular weight excluding hydrogens is 374 g/mol. The molecule has 0 radical (unpaired) electrons. The number of para-hydroxylation sites is 2.